The van der Waals surface area contributed by atoms with E-state index < -0.39 is 11.9 Å². The molecule has 1 atom stereocenters. The van der Waals surface area contributed by atoms with Gasteiger partial charge in [0.2, 0.25) is 0 Å². The lowest BCUT2D eigenvalue weighted by molar-refractivity contribution is -0.141. The molecule has 2 aromatic carbocycles. The van der Waals surface area contributed by atoms with E-state index in [0.717, 1.165) is 34.0 Å². The standard InChI is InChI=1S/C24H19F3N4O2/c1-32-18-4-2-5-19-23(18)17(13-33-19)30-22-11-8-14-12-15(9-10-16(14)29-22)28-21-7-3-6-20(31-21)24(25,26)27/h2-12,17H,13H2,1H3,(H,28,31)(H,29,30). The van der Waals surface area contributed by atoms with E-state index in [1.807, 2.05) is 36.4 Å². The van der Waals surface area contributed by atoms with Crippen LogP contribution in [0.5, 0.6) is 11.5 Å². The molecular weight excluding hydrogens is 433 g/mol. The fourth-order valence-electron chi connectivity index (χ4n) is 3.81. The van der Waals surface area contributed by atoms with Gasteiger partial charge in [-0.1, -0.05) is 12.1 Å². The molecular formula is C24H19F3N4O2. The number of nitrogens with one attached hydrogen (secondary N) is 2. The van der Waals surface area contributed by atoms with Crippen LogP contribution in [-0.2, 0) is 6.18 Å². The van der Waals surface area contributed by atoms with Gasteiger partial charge in [-0.3, -0.25) is 0 Å². The lowest BCUT2D eigenvalue weighted by Crippen LogP contribution is -2.13. The van der Waals surface area contributed by atoms with Gasteiger partial charge in [0, 0.05) is 11.1 Å². The Morgan fingerprint density at radius 2 is 1.82 bits per heavy atom. The number of hydrogen-bond acceptors (Lipinski definition) is 6. The number of aromatic nitrogens is 2. The van der Waals surface area contributed by atoms with Crippen LogP contribution in [0, 0.1) is 0 Å². The summed E-state index contributed by atoms with van der Waals surface area (Å²) in [6.07, 6.45) is -4.50. The number of hydrogen-bond donors (Lipinski definition) is 2. The molecule has 1 aliphatic rings. The van der Waals surface area contributed by atoms with Crippen LogP contribution in [0.15, 0.2) is 66.7 Å². The van der Waals surface area contributed by atoms with Crippen LogP contribution >= 0.6 is 0 Å². The van der Waals surface area contributed by atoms with E-state index in [-0.39, 0.29) is 11.9 Å². The lowest BCUT2D eigenvalue weighted by atomic mass is 10.1. The minimum Gasteiger partial charge on any atom is -0.496 e. The topological polar surface area (TPSA) is 68.3 Å². The SMILES string of the molecule is COc1cccc2c1C(Nc1ccc3cc(Nc4cccc(C(F)(F)F)n4)ccc3n1)CO2. The molecule has 2 aromatic heterocycles. The highest BCUT2D eigenvalue weighted by molar-refractivity contribution is 5.84. The third-order valence-electron chi connectivity index (χ3n) is 5.32. The Labute approximate surface area is 187 Å². The summed E-state index contributed by atoms with van der Waals surface area (Å²) in [6, 6.07) is 18.4. The van der Waals surface area contributed by atoms with Crippen molar-refractivity contribution >= 4 is 28.2 Å². The quantitative estimate of drug-likeness (QED) is 0.390. The summed E-state index contributed by atoms with van der Waals surface area (Å²) in [5.41, 5.74) is 1.36. The van der Waals surface area contributed by atoms with Crippen molar-refractivity contribution in [1.29, 1.82) is 0 Å². The Hall–Kier alpha value is -4.01. The first-order chi connectivity index (χ1) is 15.9. The predicted molar refractivity (Wildman–Crippen MR) is 119 cm³/mol. The highest BCUT2D eigenvalue weighted by atomic mass is 19.4. The zero-order valence-electron chi connectivity index (χ0n) is 17.5. The van der Waals surface area contributed by atoms with Gasteiger partial charge in [0.1, 0.15) is 35.4 Å². The molecule has 0 radical (unpaired) electrons. The van der Waals surface area contributed by atoms with Gasteiger partial charge in [0.15, 0.2) is 0 Å². The second-order valence-electron chi connectivity index (χ2n) is 7.51. The van der Waals surface area contributed by atoms with Crippen LogP contribution in [0.4, 0.5) is 30.5 Å². The molecule has 33 heavy (non-hydrogen) atoms. The van der Waals surface area contributed by atoms with Gasteiger partial charge in [0.05, 0.1) is 24.2 Å². The summed E-state index contributed by atoms with van der Waals surface area (Å²) in [6.45, 7) is 0.461. The first-order valence-corrected chi connectivity index (χ1v) is 10.2. The molecule has 0 saturated heterocycles. The first kappa shape index (κ1) is 20.9. The minimum absolute atomic E-state index is 0.103. The Balaban J connectivity index is 1.36. The maximum Gasteiger partial charge on any atom is 0.433 e. The fourth-order valence-corrected chi connectivity index (χ4v) is 3.81. The van der Waals surface area contributed by atoms with E-state index in [1.165, 1.54) is 12.1 Å². The van der Waals surface area contributed by atoms with E-state index in [2.05, 4.69) is 20.6 Å². The predicted octanol–water partition coefficient (Wildman–Crippen LogP) is 5.95. The minimum atomic E-state index is -4.50. The van der Waals surface area contributed by atoms with Crippen molar-refractivity contribution in [2.75, 3.05) is 24.4 Å². The molecule has 4 aromatic rings. The molecule has 168 valence electrons. The smallest absolute Gasteiger partial charge is 0.433 e. The summed E-state index contributed by atoms with van der Waals surface area (Å²) in [5, 5.41) is 7.14. The van der Waals surface area contributed by atoms with Gasteiger partial charge in [0.25, 0.3) is 0 Å². The van der Waals surface area contributed by atoms with Gasteiger partial charge in [-0.15, -0.1) is 0 Å². The number of ether oxygens (including phenoxy) is 2. The molecule has 9 heteroatoms. The summed E-state index contributed by atoms with van der Waals surface area (Å²) in [4.78, 5) is 8.30. The van der Waals surface area contributed by atoms with Crippen LogP contribution in [0.1, 0.15) is 17.3 Å². The Bertz CT molecular complexity index is 1330. The van der Waals surface area contributed by atoms with E-state index in [4.69, 9.17) is 9.47 Å². The van der Waals surface area contributed by atoms with E-state index in [0.29, 0.717) is 18.1 Å². The largest absolute Gasteiger partial charge is 0.496 e. The average Bonchev–Trinajstić information content (AvgIpc) is 3.22. The maximum absolute atomic E-state index is 12.9. The first-order valence-electron chi connectivity index (χ1n) is 10.2. The number of methoxy groups -OCH3 is 1. The van der Waals surface area contributed by atoms with Crippen molar-refractivity contribution in [3.63, 3.8) is 0 Å². The van der Waals surface area contributed by atoms with Gasteiger partial charge in [-0.05, 0) is 54.6 Å². The number of halogens is 3. The molecule has 0 fully saturated rings. The van der Waals surface area contributed by atoms with Crippen molar-refractivity contribution in [3.8, 4) is 11.5 Å². The molecule has 0 spiro atoms. The Kier molecular flexibility index (Phi) is 5.16. The van der Waals surface area contributed by atoms with Crippen LogP contribution in [0.25, 0.3) is 10.9 Å². The van der Waals surface area contributed by atoms with Crippen LogP contribution < -0.4 is 20.1 Å². The third kappa shape index (κ3) is 4.21. The van der Waals surface area contributed by atoms with E-state index in [1.54, 1.807) is 19.2 Å². The van der Waals surface area contributed by atoms with E-state index in [9.17, 15) is 13.2 Å². The third-order valence-corrected chi connectivity index (χ3v) is 5.32. The number of benzene rings is 2. The highest BCUT2D eigenvalue weighted by Gasteiger charge is 2.32. The Morgan fingerprint density at radius 3 is 2.64 bits per heavy atom. The van der Waals surface area contributed by atoms with Gasteiger partial charge < -0.3 is 20.1 Å². The second kappa shape index (κ2) is 8.16. The summed E-state index contributed by atoms with van der Waals surface area (Å²) < 4.78 is 49.9. The second-order valence-corrected chi connectivity index (χ2v) is 7.51. The number of anilines is 3. The molecule has 0 amide bonds. The van der Waals surface area contributed by atoms with Crippen molar-refractivity contribution < 1.29 is 22.6 Å². The normalized spacial score (nSPS) is 15.1. The molecule has 0 bridgehead atoms. The van der Waals surface area contributed by atoms with Crippen LogP contribution in [0.3, 0.4) is 0 Å². The van der Waals surface area contributed by atoms with Crippen molar-refractivity contribution in [1.82, 2.24) is 9.97 Å². The highest BCUT2D eigenvalue weighted by Crippen LogP contribution is 2.40. The number of alkyl halides is 3. The van der Waals surface area contributed by atoms with Gasteiger partial charge >= 0.3 is 6.18 Å². The van der Waals surface area contributed by atoms with Gasteiger partial charge in [-0.2, -0.15) is 13.2 Å². The number of nitrogens with zero attached hydrogens (tertiary/aromatic N) is 2. The molecule has 1 aliphatic heterocycles. The lowest BCUT2D eigenvalue weighted by Gasteiger charge is -2.15. The zero-order chi connectivity index (χ0) is 23.0. The van der Waals surface area contributed by atoms with Crippen LogP contribution in [0.2, 0.25) is 0 Å². The monoisotopic (exact) mass is 452 g/mol. The van der Waals surface area contributed by atoms with E-state index >= 15 is 0 Å². The summed E-state index contributed by atoms with van der Waals surface area (Å²) in [7, 11) is 1.62. The van der Waals surface area contributed by atoms with Crippen molar-refractivity contribution in [2.24, 2.45) is 0 Å². The Morgan fingerprint density at radius 1 is 0.970 bits per heavy atom. The molecule has 6 nitrogen and oxygen atoms in total. The molecule has 5 rings (SSSR count). The summed E-state index contributed by atoms with van der Waals surface area (Å²) >= 11 is 0. The fraction of sp³-hybridized carbons (Fsp3) is 0.167. The van der Waals surface area contributed by atoms with Crippen molar-refractivity contribution in [3.05, 3.63) is 78.0 Å². The maximum atomic E-state index is 12.9. The molecule has 0 aliphatic carbocycles. The number of rotatable bonds is 5. The van der Waals surface area contributed by atoms with Gasteiger partial charge in [-0.25, -0.2) is 9.97 Å². The summed E-state index contributed by atoms with van der Waals surface area (Å²) in [5.74, 6) is 2.33. The number of fused-ring (bicyclic) bond motifs is 2. The molecule has 0 saturated carbocycles. The molecule has 3 heterocycles. The van der Waals surface area contributed by atoms with Crippen LogP contribution in [-0.4, -0.2) is 23.7 Å². The zero-order valence-corrected chi connectivity index (χ0v) is 17.5. The molecule has 2 N–H and O–H groups in total. The van der Waals surface area contributed by atoms with Crippen molar-refractivity contribution in [2.45, 2.75) is 12.2 Å². The molecule has 1 unspecified atom stereocenters. The number of pyridine rings is 2. The average molecular weight is 452 g/mol.